The van der Waals surface area contributed by atoms with Crippen LogP contribution in [0.2, 0.25) is 0 Å². The number of halogens is 4. The monoisotopic (exact) mass is 451 g/mol. The fourth-order valence-corrected chi connectivity index (χ4v) is 4.12. The summed E-state index contributed by atoms with van der Waals surface area (Å²) in [6, 6.07) is 1.03. The van der Waals surface area contributed by atoms with Crippen LogP contribution in [0, 0.1) is 5.82 Å². The summed E-state index contributed by atoms with van der Waals surface area (Å²) in [6.45, 7) is 0.977. The standard InChI is InChI=1S/C20H21F4N7O/c1-32-15-4-16-26-9-14(31(16)30-17(15)10-5-20(23,24)6-10)18-12(22)7-27-19(29-18)28-13-8-25-3-2-11(13)21/h4,7,9-11,13,25H,2-3,5-6,8H2,1H3,(H,27,28,29). The van der Waals surface area contributed by atoms with E-state index < -0.39 is 29.9 Å². The first-order valence-electron chi connectivity index (χ1n) is 10.3. The number of nitrogens with zero attached hydrogens (tertiary/aromatic N) is 5. The second-order valence-corrected chi connectivity index (χ2v) is 8.12. The number of imidazole rings is 1. The van der Waals surface area contributed by atoms with Crippen molar-refractivity contribution in [1.29, 1.82) is 0 Å². The van der Waals surface area contributed by atoms with Crippen LogP contribution in [0.1, 0.15) is 30.9 Å². The van der Waals surface area contributed by atoms with Crippen molar-refractivity contribution >= 4 is 11.6 Å². The molecule has 2 unspecified atom stereocenters. The quantitative estimate of drug-likeness (QED) is 0.577. The number of hydrogen-bond acceptors (Lipinski definition) is 7. The number of anilines is 1. The van der Waals surface area contributed by atoms with Crippen molar-refractivity contribution in [3.63, 3.8) is 0 Å². The van der Waals surface area contributed by atoms with Gasteiger partial charge in [-0.15, -0.1) is 0 Å². The van der Waals surface area contributed by atoms with Crippen molar-refractivity contribution in [3.05, 3.63) is 30.0 Å². The van der Waals surface area contributed by atoms with Gasteiger partial charge in [-0.1, -0.05) is 0 Å². The van der Waals surface area contributed by atoms with Gasteiger partial charge in [0.2, 0.25) is 11.9 Å². The summed E-state index contributed by atoms with van der Waals surface area (Å²) >= 11 is 0. The number of ether oxygens (including phenoxy) is 1. The topological polar surface area (TPSA) is 89.3 Å². The zero-order valence-electron chi connectivity index (χ0n) is 17.2. The highest BCUT2D eigenvalue weighted by molar-refractivity contribution is 5.62. The van der Waals surface area contributed by atoms with Crippen LogP contribution in [0.4, 0.5) is 23.5 Å². The van der Waals surface area contributed by atoms with Crippen LogP contribution in [0.15, 0.2) is 18.5 Å². The van der Waals surface area contributed by atoms with Crippen molar-refractivity contribution in [3.8, 4) is 17.1 Å². The fraction of sp³-hybridized carbons (Fsp3) is 0.500. The lowest BCUT2D eigenvalue weighted by molar-refractivity contribution is -0.0881. The van der Waals surface area contributed by atoms with Gasteiger partial charge >= 0.3 is 0 Å². The van der Waals surface area contributed by atoms with E-state index in [9.17, 15) is 17.6 Å². The maximum atomic E-state index is 14.7. The maximum absolute atomic E-state index is 14.7. The molecule has 1 aliphatic heterocycles. The van der Waals surface area contributed by atoms with Crippen molar-refractivity contribution in [2.75, 3.05) is 25.5 Å². The van der Waals surface area contributed by atoms with E-state index in [0.717, 1.165) is 6.20 Å². The smallest absolute Gasteiger partial charge is 0.249 e. The molecule has 0 spiro atoms. The first kappa shape index (κ1) is 20.9. The summed E-state index contributed by atoms with van der Waals surface area (Å²) in [6.07, 6.45) is 0.985. The second-order valence-electron chi connectivity index (χ2n) is 8.12. The maximum Gasteiger partial charge on any atom is 0.249 e. The van der Waals surface area contributed by atoms with E-state index in [2.05, 4.69) is 30.7 Å². The Labute approximate surface area is 180 Å². The number of methoxy groups -OCH3 is 1. The van der Waals surface area contributed by atoms with Crippen molar-refractivity contribution in [2.24, 2.45) is 0 Å². The Morgan fingerprint density at radius 1 is 1.25 bits per heavy atom. The molecule has 5 rings (SSSR count). The number of rotatable bonds is 5. The first-order valence-corrected chi connectivity index (χ1v) is 10.3. The summed E-state index contributed by atoms with van der Waals surface area (Å²) in [5, 5.41) is 10.4. The van der Waals surface area contributed by atoms with Gasteiger partial charge in [0.05, 0.1) is 25.5 Å². The Bertz CT molecular complexity index is 1150. The molecule has 3 aromatic rings. The third-order valence-electron chi connectivity index (χ3n) is 5.88. The predicted molar refractivity (Wildman–Crippen MR) is 107 cm³/mol. The van der Waals surface area contributed by atoms with Crippen LogP contribution < -0.4 is 15.4 Å². The summed E-state index contributed by atoms with van der Waals surface area (Å²) < 4.78 is 62.4. The summed E-state index contributed by atoms with van der Waals surface area (Å²) in [7, 11) is 1.43. The molecule has 8 nitrogen and oxygen atoms in total. The third-order valence-corrected chi connectivity index (χ3v) is 5.88. The molecule has 1 saturated carbocycles. The van der Waals surface area contributed by atoms with Crippen molar-refractivity contribution < 1.29 is 22.3 Å². The van der Waals surface area contributed by atoms with Gasteiger partial charge < -0.3 is 15.4 Å². The highest BCUT2D eigenvalue weighted by atomic mass is 19.3. The molecule has 1 saturated heterocycles. The highest BCUT2D eigenvalue weighted by Crippen LogP contribution is 2.49. The zero-order valence-corrected chi connectivity index (χ0v) is 17.2. The molecule has 12 heteroatoms. The number of nitrogens with one attached hydrogen (secondary N) is 2. The average molecular weight is 451 g/mol. The predicted octanol–water partition coefficient (Wildman–Crippen LogP) is 2.96. The molecule has 2 aliphatic rings. The lowest BCUT2D eigenvalue weighted by Crippen LogP contribution is -2.46. The van der Waals surface area contributed by atoms with Crippen molar-refractivity contribution in [2.45, 2.75) is 43.3 Å². The molecule has 2 N–H and O–H groups in total. The van der Waals surface area contributed by atoms with E-state index >= 15 is 0 Å². The van der Waals surface area contributed by atoms with Gasteiger partial charge in [0.1, 0.15) is 29.0 Å². The molecule has 0 amide bonds. The minimum Gasteiger partial charge on any atom is -0.495 e. The molecular formula is C20H21F4N7O. The minimum absolute atomic E-state index is 0.0695. The van der Waals surface area contributed by atoms with Crippen LogP contribution in [-0.4, -0.2) is 62.9 Å². The molecule has 1 aliphatic carbocycles. The lowest BCUT2D eigenvalue weighted by Gasteiger charge is -2.34. The minimum atomic E-state index is -2.73. The summed E-state index contributed by atoms with van der Waals surface area (Å²) in [4.78, 5) is 12.4. The van der Waals surface area contributed by atoms with Crippen LogP contribution in [0.5, 0.6) is 5.75 Å². The Balaban J connectivity index is 1.51. The lowest BCUT2D eigenvalue weighted by atomic mass is 9.79. The van der Waals surface area contributed by atoms with E-state index in [-0.39, 0.29) is 30.2 Å². The number of alkyl halides is 3. The van der Waals surface area contributed by atoms with E-state index in [0.29, 0.717) is 36.6 Å². The third kappa shape index (κ3) is 3.72. The average Bonchev–Trinajstić information content (AvgIpc) is 3.16. The highest BCUT2D eigenvalue weighted by Gasteiger charge is 2.48. The van der Waals surface area contributed by atoms with Gasteiger partial charge in [-0.05, 0) is 13.0 Å². The van der Waals surface area contributed by atoms with E-state index in [1.54, 1.807) is 6.07 Å². The molecular weight excluding hydrogens is 430 g/mol. The molecule has 2 atom stereocenters. The second kappa shape index (κ2) is 7.84. The van der Waals surface area contributed by atoms with Gasteiger partial charge in [0.15, 0.2) is 11.5 Å². The van der Waals surface area contributed by atoms with Gasteiger partial charge in [0, 0.05) is 31.4 Å². The molecule has 0 aromatic carbocycles. The van der Waals surface area contributed by atoms with Crippen LogP contribution >= 0.6 is 0 Å². The first-order chi connectivity index (χ1) is 15.3. The summed E-state index contributed by atoms with van der Waals surface area (Å²) in [5.41, 5.74) is 0.833. The van der Waals surface area contributed by atoms with Crippen LogP contribution in [-0.2, 0) is 0 Å². The number of aromatic nitrogens is 5. The Morgan fingerprint density at radius 3 is 2.78 bits per heavy atom. The molecule has 32 heavy (non-hydrogen) atoms. The van der Waals surface area contributed by atoms with Crippen LogP contribution in [0.25, 0.3) is 17.0 Å². The Kier molecular flexibility index (Phi) is 5.11. The van der Waals surface area contributed by atoms with Gasteiger partial charge in [-0.2, -0.15) is 5.10 Å². The fourth-order valence-electron chi connectivity index (χ4n) is 4.12. The van der Waals surface area contributed by atoms with E-state index in [4.69, 9.17) is 4.74 Å². The van der Waals surface area contributed by atoms with E-state index in [1.807, 2.05) is 0 Å². The Morgan fingerprint density at radius 2 is 2.06 bits per heavy atom. The molecule has 4 heterocycles. The number of piperidine rings is 1. The summed E-state index contributed by atoms with van der Waals surface area (Å²) in [5.74, 6) is -3.51. The molecule has 3 aromatic heterocycles. The van der Waals surface area contributed by atoms with Crippen molar-refractivity contribution in [1.82, 2.24) is 29.9 Å². The normalized spacial score (nSPS) is 23.2. The van der Waals surface area contributed by atoms with Gasteiger partial charge in [-0.25, -0.2) is 37.0 Å². The molecule has 170 valence electrons. The number of fused-ring (bicyclic) bond motifs is 1. The molecule has 0 bridgehead atoms. The zero-order chi connectivity index (χ0) is 22.5. The number of hydrogen-bond donors (Lipinski definition) is 2. The van der Waals surface area contributed by atoms with Gasteiger partial charge in [-0.3, -0.25) is 0 Å². The van der Waals surface area contributed by atoms with E-state index in [1.165, 1.54) is 17.8 Å². The Hall–Kier alpha value is -3.02. The molecule has 0 radical (unpaired) electrons. The SMILES string of the molecule is COc1cc2ncc(-c3nc(NC4CNCCC4F)ncc3F)n2nc1C1CC(F)(F)C1. The van der Waals surface area contributed by atoms with Gasteiger partial charge in [0.25, 0.3) is 0 Å². The molecule has 2 fully saturated rings. The van der Waals surface area contributed by atoms with Crippen LogP contribution in [0.3, 0.4) is 0 Å². The largest absolute Gasteiger partial charge is 0.495 e.